The maximum absolute atomic E-state index is 12.3. The van der Waals surface area contributed by atoms with E-state index >= 15 is 0 Å². The second-order valence-electron chi connectivity index (χ2n) is 6.46. The number of thioether (sulfide) groups is 1. The van der Waals surface area contributed by atoms with Crippen LogP contribution in [0.25, 0.3) is 10.2 Å². The van der Waals surface area contributed by atoms with E-state index in [0.29, 0.717) is 17.2 Å². The van der Waals surface area contributed by atoms with E-state index < -0.39 is 0 Å². The predicted octanol–water partition coefficient (Wildman–Crippen LogP) is 1.83. The Kier molecular flexibility index (Phi) is 6.86. The van der Waals surface area contributed by atoms with Gasteiger partial charge in [-0.15, -0.1) is 23.1 Å². The van der Waals surface area contributed by atoms with Gasteiger partial charge in [0, 0.05) is 11.1 Å². The molecule has 0 radical (unpaired) electrons. The third-order valence-electron chi connectivity index (χ3n) is 4.56. The van der Waals surface area contributed by atoms with Gasteiger partial charge in [-0.3, -0.25) is 0 Å². The SMILES string of the molecule is CCOC(=O)c1sc2nc(C[NH+]3CCCCC3)nc(SCCO)c2c1C. The molecule has 1 aliphatic rings. The van der Waals surface area contributed by atoms with E-state index in [0.717, 1.165) is 46.3 Å². The number of rotatable bonds is 7. The molecule has 1 saturated heterocycles. The normalized spacial score (nSPS) is 15.5. The van der Waals surface area contributed by atoms with Crippen molar-refractivity contribution < 1.29 is 19.5 Å². The molecule has 6 nitrogen and oxygen atoms in total. The number of carbonyl (C=O) groups excluding carboxylic acids is 1. The molecule has 0 bridgehead atoms. The van der Waals surface area contributed by atoms with E-state index in [4.69, 9.17) is 14.7 Å². The van der Waals surface area contributed by atoms with Gasteiger partial charge < -0.3 is 14.7 Å². The number of aryl methyl sites for hydroxylation is 1. The molecule has 0 amide bonds. The fourth-order valence-corrected chi connectivity index (χ4v) is 5.32. The molecular formula is C18H26N3O3S2+. The molecular weight excluding hydrogens is 370 g/mol. The third-order valence-corrected chi connectivity index (χ3v) is 6.68. The first kappa shape index (κ1) is 19.5. The average molecular weight is 397 g/mol. The number of hydrogen-bond acceptors (Lipinski definition) is 7. The lowest BCUT2D eigenvalue weighted by atomic mass is 10.1. The van der Waals surface area contributed by atoms with Crippen molar-refractivity contribution in [2.75, 3.05) is 32.1 Å². The Balaban J connectivity index is 1.97. The second-order valence-corrected chi connectivity index (χ2v) is 8.54. The smallest absolute Gasteiger partial charge is 0.348 e. The van der Waals surface area contributed by atoms with Crippen LogP contribution in [0.3, 0.4) is 0 Å². The Hall–Kier alpha value is -1.22. The molecule has 0 spiro atoms. The van der Waals surface area contributed by atoms with Crippen LogP contribution < -0.4 is 4.90 Å². The van der Waals surface area contributed by atoms with Crippen LogP contribution in [0.2, 0.25) is 0 Å². The van der Waals surface area contributed by atoms with Gasteiger partial charge in [0.25, 0.3) is 0 Å². The van der Waals surface area contributed by atoms with Gasteiger partial charge in [0.05, 0.1) is 26.3 Å². The Bertz CT molecular complexity index is 773. The molecule has 3 heterocycles. The fourth-order valence-electron chi connectivity index (χ4n) is 3.31. The van der Waals surface area contributed by atoms with Crippen molar-refractivity contribution in [2.45, 2.75) is 44.7 Å². The minimum Gasteiger partial charge on any atom is -0.462 e. The number of piperidine rings is 1. The number of quaternary nitrogens is 1. The summed E-state index contributed by atoms with van der Waals surface area (Å²) < 4.78 is 5.18. The summed E-state index contributed by atoms with van der Waals surface area (Å²) in [4.78, 5) is 24.8. The van der Waals surface area contributed by atoms with Crippen molar-refractivity contribution >= 4 is 39.3 Å². The van der Waals surface area contributed by atoms with Crippen molar-refractivity contribution in [3.63, 3.8) is 0 Å². The van der Waals surface area contributed by atoms with E-state index in [1.165, 1.54) is 47.3 Å². The van der Waals surface area contributed by atoms with Gasteiger partial charge in [0.2, 0.25) is 0 Å². The first-order chi connectivity index (χ1) is 12.6. The van der Waals surface area contributed by atoms with Crippen molar-refractivity contribution in [1.29, 1.82) is 0 Å². The van der Waals surface area contributed by atoms with E-state index in [9.17, 15) is 9.90 Å². The molecule has 8 heteroatoms. The molecule has 0 saturated carbocycles. The zero-order valence-corrected chi connectivity index (χ0v) is 17.0. The lowest BCUT2D eigenvalue weighted by molar-refractivity contribution is -0.919. The maximum Gasteiger partial charge on any atom is 0.348 e. The highest BCUT2D eigenvalue weighted by Gasteiger charge is 2.23. The zero-order chi connectivity index (χ0) is 18.5. The fraction of sp³-hybridized carbons (Fsp3) is 0.611. The van der Waals surface area contributed by atoms with Gasteiger partial charge in [-0.25, -0.2) is 14.8 Å². The summed E-state index contributed by atoms with van der Waals surface area (Å²) in [5, 5.41) is 11.0. The zero-order valence-electron chi connectivity index (χ0n) is 15.3. The van der Waals surface area contributed by atoms with Crippen LogP contribution in [0.4, 0.5) is 0 Å². The highest BCUT2D eigenvalue weighted by atomic mass is 32.2. The standard InChI is InChI=1S/C18H25N3O3S2/c1-3-24-18(23)15-12(2)14-16(25-10-9-22)19-13(20-17(14)26-15)11-21-7-5-4-6-8-21/h22H,3-11H2,1-2H3/p+1. The topological polar surface area (TPSA) is 76.8 Å². The number of fused-ring (bicyclic) bond motifs is 1. The van der Waals surface area contributed by atoms with Crippen molar-refractivity contribution in [3.05, 3.63) is 16.3 Å². The number of likely N-dealkylation sites (tertiary alicyclic amines) is 1. The molecule has 0 aromatic carbocycles. The predicted molar refractivity (Wildman–Crippen MR) is 104 cm³/mol. The largest absolute Gasteiger partial charge is 0.462 e. The first-order valence-corrected chi connectivity index (χ1v) is 11.0. The van der Waals surface area contributed by atoms with Gasteiger partial charge in [-0.05, 0) is 38.7 Å². The summed E-state index contributed by atoms with van der Waals surface area (Å²) in [5.41, 5.74) is 0.876. The van der Waals surface area contributed by atoms with Crippen LogP contribution >= 0.6 is 23.1 Å². The summed E-state index contributed by atoms with van der Waals surface area (Å²) in [6.07, 6.45) is 3.83. The van der Waals surface area contributed by atoms with Crippen LogP contribution in [0.5, 0.6) is 0 Å². The molecule has 2 aromatic heterocycles. The van der Waals surface area contributed by atoms with Gasteiger partial charge in [-0.1, -0.05) is 0 Å². The number of nitrogens with zero attached hydrogens (tertiary/aromatic N) is 2. The van der Waals surface area contributed by atoms with Crippen LogP contribution in [-0.2, 0) is 11.3 Å². The number of nitrogens with one attached hydrogen (secondary N) is 1. The van der Waals surface area contributed by atoms with Gasteiger partial charge in [0.1, 0.15) is 21.3 Å². The van der Waals surface area contributed by atoms with Crippen LogP contribution in [0, 0.1) is 6.92 Å². The molecule has 26 heavy (non-hydrogen) atoms. The first-order valence-electron chi connectivity index (χ1n) is 9.18. The molecule has 0 unspecified atom stereocenters. The summed E-state index contributed by atoms with van der Waals surface area (Å²) in [6.45, 7) is 7.32. The molecule has 0 atom stereocenters. The van der Waals surface area contributed by atoms with Crippen LogP contribution in [0.1, 0.15) is 47.2 Å². The second kappa shape index (κ2) is 9.12. The molecule has 142 valence electrons. The number of aliphatic hydroxyl groups is 1. The summed E-state index contributed by atoms with van der Waals surface area (Å²) in [7, 11) is 0. The molecule has 1 aliphatic heterocycles. The Morgan fingerprint density at radius 3 is 2.77 bits per heavy atom. The lowest BCUT2D eigenvalue weighted by Crippen LogP contribution is -3.11. The Morgan fingerprint density at radius 1 is 1.31 bits per heavy atom. The van der Waals surface area contributed by atoms with Crippen molar-refractivity contribution in [1.82, 2.24) is 9.97 Å². The molecule has 2 N–H and O–H groups in total. The number of ether oxygens (including phenoxy) is 1. The summed E-state index contributed by atoms with van der Waals surface area (Å²) in [6, 6.07) is 0. The summed E-state index contributed by atoms with van der Waals surface area (Å²) >= 11 is 2.91. The van der Waals surface area contributed by atoms with Crippen molar-refractivity contribution in [3.8, 4) is 0 Å². The number of thiophene rings is 1. The highest BCUT2D eigenvalue weighted by molar-refractivity contribution is 7.99. The number of aromatic nitrogens is 2. The molecule has 3 rings (SSSR count). The average Bonchev–Trinajstić information content (AvgIpc) is 2.97. The number of carbonyl (C=O) groups is 1. The van der Waals surface area contributed by atoms with Gasteiger partial charge >= 0.3 is 5.97 Å². The molecule has 2 aromatic rings. The van der Waals surface area contributed by atoms with E-state index in [1.807, 2.05) is 13.8 Å². The van der Waals surface area contributed by atoms with Crippen LogP contribution in [0.15, 0.2) is 5.03 Å². The minimum absolute atomic E-state index is 0.0940. The van der Waals surface area contributed by atoms with Gasteiger partial charge in [0.15, 0.2) is 5.82 Å². The maximum atomic E-state index is 12.3. The molecule has 0 aliphatic carbocycles. The molecule has 1 fully saturated rings. The monoisotopic (exact) mass is 396 g/mol. The Labute approximate surface area is 162 Å². The van der Waals surface area contributed by atoms with Crippen LogP contribution in [-0.4, -0.2) is 53.1 Å². The lowest BCUT2D eigenvalue weighted by Gasteiger charge is -2.22. The van der Waals surface area contributed by atoms with E-state index in [-0.39, 0.29) is 12.6 Å². The number of esters is 1. The van der Waals surface area contributed by atoms with E-state index in [2.05, 4.69) is 0 Å². The van der Waals surface area contributed by atoms with Gasteiger partial charge in [-0.2, -0.15) is 0 Å². The minimum atomic E-state index is -0.297. The number of aliphatic hydroxyl groups excluding tert-OH is 1. The van der Waals surface area contributed by atoms with E-state index in [1.54, 1.807) is 0 Å². The quantitative estimate of drug-likeness (QED) is 0.422. The summed E-state index contributed by atoms with van der Waals surface area (Å²) in [5.74, 6) is 1.10. The highest BCUT2D eigenvalue weighted by Crippen LogP contribution is 2.35. The third kappa shape index (κ3) is 4.36. The number of hydrogen-bond donors (Lipinski definition) is 2. The Morgan fingerprint density at radius 2 is 2.08 bits per heavy atom. The van der Waals surface area contributed by atoms with Crippen molar-refractivity contribution in [2.24, 2.45) is 0 Å².